The van der Waals surface area contributed by atoms with E-state index in [4.69, 9.17) is 11.6 Å². The van der Waals surface area contributed by atoms with Crippen molar-refractivity contribution in [3.63, 3.8) is 0 Å². The first-order valence-corrected chi connectivity index (χ1v) is 6.16. The molecule has 17 heavy (non-hydrogen) atoms. The van der Waals surface area contributed by atoms with E-state index >= 15 is 0 Å². The third-order valence-corrected chi connectivity index (χ3v) is 3.17. The van der Waals surface area contributed by atoms with Crippen LogP contribution in [0.1, 0.15) is 24.2 Å². The van der Waals surface area contributed by atoms with E-state index in [9.17, 15) is 4.79 Å². The molecule has 1 aliphatic heterocycles. The van der Waals surface area contributed by atoms with Gasteiger partial charge in [-0.2, -0.15) is 0 Å². The third kappa shape index (κ3) is 2.99. The van der Waals surface area contributed by atoms with Gasteiger partial charge in [0.25, 0.3) is 5.91 Å². The zero-order valence-electron chi connectivity index (χ0n) is 10.2. The molecule has 92 valence electrons. The van der Waals surface area contributed by atoms with Gasteiger partial charge in [-0.05, 0) is 32.0 Å². The molecule has 1 saturated heterocycles. The van der Waals surface area contributed by atoms with Gasteiger partial charge in [-0.25, -0.2) is 0 Å². The van der Waals surface area contributed by atoms with Gasteiger partial charge in [0.05, 0.1) is 0 Å². The second kappa shape index (κ2) is 4.67. The highest BCUT2D eigenvalue weighted by Crippen LogP contribution is 2.16. The van der Waals surface area contributed by atoms with E-state index in [0.29, 0.717) is 10.6 Å². The number of benzene rings is 1. The molecule has 0 bridgehead atoms. The Kier molecular flexibility index (Phi) is 3.40. The summed E-state index contributed by atoms with van der Waals surface area (Å²) in [6.45, 7) is 6.50. The summed E-state index contributed by atoms with van der Waals surface area (Å²) in [7, 11) is 0. The Bertz CT molecular complexity index is 431. The van der Waals surface area contributed by atoms with Crippen molar-refractivity contribution in [1.82, 2.24) is 10.2 Å². The first-order valence-electron chi connectivity index (χ1n) is 5.78. The van der Waals surface area contributed by atoms with Crippen molar-refractivity contribution in [2.75, 3.05) is 19.6 Å². The number of rotatable bonds is 1. The van der Waals surface area contributed by atoms with Crippen molar-refractivity contribution in [2.45, 2.75) is 19.4 Å². The highest BCUT2D eigenvalue weighted by atomic mass is 35.5. The van der Waals surface area contributed by atoms with E-state index in [1.165, 1.54) is 0 Å². The lowest BCUT2D eigenvalue weighted by molar-refractivity contribution is 0.0652. The largest absolute Gasteiger partial charge is 0.336 e. The van der Waals surface area contributed by atoms with Gasteiger partial charge in [-0.3, -0.25) is 4.79 Å². The Hall–Kier alpha value is -1.06. The predicted octanol–water partition coefficient (Wildman–Crippen LogP) is 2.16. The lowest BCUT2D eigenvalue weighted by Crippen LogP contribution is -2.58. The van der Waals surface area contributed by atoms with Crippen LogP contribution in [0.25, 0.3) is 0 Å². The summed E-state index contributed by atoms with van der Waals surface area (Å²) in [6.07, 6.45) is 0. The molecule has 0 aliphatic carbocycles. The van der Waals surface area contributed by atoms with Crippen LogP contribution in [0.5, 0.6) is 0 Å². The van der Waals surface area contributed by atoms with Gasteiger partial charge < -0.3 is 10.2 Å². The lowest BCUT2D eigenvalue weighted by Gasteiger charge is -2.39. The summed E-state index contributed by atoms with van der Waals surface area (Å²) in [4.78, 5) is 14.2. The van der Waals surface area contributed by atoms with Gasteiger partial charge in [0.15, 0.2) is 0 Å². The van der Waals surface area contributed by atoms with E-state index in [-0.39, 0.29) is 11.4 Å². The molecule has 1 aromatic carbocycles. The van der Waals surface area contributed by atoms with Gasteiger partial charge in [-0.1, -0.05) is 17.7 Å². The van der Waals surface area contributed by atoms with Crippen molar-refractivity contribution in [2.24, 2.45) is 0 Å². The summed E-state index contributed by atoms with van der Waals surface area (Å²) in [5.74, 6) is 0.0575. The third-order valence-electron chi connectivity index (χ3n) is 2.93. The Labute approximate surface area is 107 Å². The molecule has 4 heteroatoms. The number of piperazine rings is 1. The number of nitrogens with zero attached hydrogens (tertiary/aromatic N) is 1. The summed E-state index contributed by atoms with van der Waals surface area (Å²) < 4.78 is 0. The number of amides is 1. The average Bonchev–Trinajstić information content (AvgIpc) is 2.26. The molecule has 0 atom stereocenters. The first kappa shape index (κ1) is 12.4. The Morgan fingerprint density at radius 1 is 1.47 bits per heavy atom. The number of halogens is 1. The fraction of sp³-hybridized carbons (Fsp3) is 0.462. The molecule has 0 unspecified atom stereocenters. The fourth-order valence-corrected chi connectivity index (χ4v) is 2.31. The molecule has 1 aromatic rings. The van der Waals surface area contributed by atoms with E-state index in [1.54, 1.807) is 12.1 Å². The molecule has 1 fully saturated rings. The number of carbonyl (C=O) groups excluding carboxylic acids is 1. The monoisotopic (exact) mass is 252 g/mol. The Morgan fingerprint density at radius 3 is 2.88 bits per heavy atom. The highest BCUT2D eigenvalue weighted by molar-refractivity contribution is 6.30. The molecule has 0 saturated carbocycles. The van der Waals surface area contributed by atoms with Gasteiger partial charge in [0.1, 0.15) is 0 Å². The zero-order valence-corrected chi connectivity index (χ0v) is 10.9. The van der Waals surface area contributed by atoms with Crippen LogP contribution in [-0.2, 0) is 0 Å². The standard InChI is InChI=1S/C13H17ClN2O/c1-13(2)9-16(7-6-15-13)12(17)10-4-3-5-11(14)8-10/h3-5,8,15H,6-7,9H2,1-2H3. The molecular formula is C13H17ClN2O. The van der Waals surface area contributed by atoms with Crippen molar-refractivity contribution in [1.29, 1.82) is 0 Å². The maximum Gasteiger partial charge on any atom is 0.254 e. The molecular weight excluding hydrogens is 236 g/mol. The SMILES string of the molecule is CC1(C)CN(C(=O)c2cccc(Cl)c2)CCN1. The van der Waals surface area contributed by atoms with Gasteiger partial charge in [0.2, 0.25) is 0 Å². The van der Waals surface area contributed by atoms with Crippen molar-refractivity contribution >= 4 is 17.5 Å². The van der Waals surface area contributed by atoms with Crippen LogP contribution in [0.4, 0.5) is 0 Å². The normalized spacial score (nSPS) is 19.1. The highest BCUT2D eigenvalue weighted by Gasteiger charge is 2.28. The second-order valence-electron chi connectivity index (χ2n) is 5.05. The smallest absolute Gasteiger partial charge is 0.254 e. The molecule has 1 N–H and O–H groups in total. The second-order valence-corrected chi connectivity index (χ2v) is 5.48. The van der Waals surface area contributed by atoms with E-state index in [1.807, 2.05) is 17.0 Å². The van der Waals surface area contributed by atoms with Crippen LogP contribution < -0.4 is 5.32 Å². The molecule has 3 nitrogen and oxygen atoms in total. The summed E-state index contributed by atoms with van der Waals surface area (Å²) in [5.41, 5.74) is 0.641. The molecule has 0 spiro atoms. The van der Waals surface area contributed by atoms with Crippen LogP contribution in [0.15, 0.2) is 24.3 Å². The summed E-state index contributed by atoms with van der Waals surface area (Å²) >= 11 is 5.90. The minimum absolute atomic E-state index is 0.0213. The Balaban J connectivity index is 2.15. The van der Waals surface area contributed by atoms with Crippen molar-refractivity contribution < 1.29 is 4.79 Å². The molecule has 2 rings (SSSR count). The first-order chi connectivity index (χ1) is 7.98. The van der Waals surface area contributed by atoms with Gasteiger partial charge >= 0.3 is 0 Å². The lowest BCUT2D eigenvalue weighted by atomic mass is 10.0. The maximum atomic E-state index is 12.3. The van der Waals surface area contributed by atoms with Crippen molar-refractivity contribution in [3.05, 3.63) is 34.9 Å². The molecule has 1 heterocycles. The molecule has 0 aromatic heterocycles. The maximum absolute atomic E-state index is 12.3. The Morgan fingerprint density at radius 2 is 2.24 bits per heavy atom. The quantitative estimate of drug-likeness (QED) is 0.831. The average molecular weight is 253 g/mol. The molecule has 0 radical (unpaired) electrons. The number of hydrogen-bond donors (Lipinski definition) is 1. The number of carbonyl (C=O) groups is 1. The summed E-state index contributed by atoms with van der Waals surface area (Å²) in [5, 5.41) is 3.99. The van der Waals surface area contributed by atoms with Crippen molar-refractivity contribution in [3.8, 4) is 0 Å². The topological polar surface area (TPSA) is 32.3 Å². The van der Waals surface area contributed by atoms with Crippen LogP contribution in [0.2, 0.25) is 5.02 Å². The molecule has 1 aliphatic rings. The van der Waals surface area contributed by atoms with E-state index in [0.717, 1.165) is 19.6 Å². The number of nitrogens with one attached hydrogen (secondary N) is 1. The fourth-order valence-electron chi connectivity index (χ4n) is 2.12. The van der Waals surface area contributed by atoms with Crippen LogP contribution in [0.3, 0.4) is 0 Å². The van der Waals surface area contributed by atoms with E-state index in [2.05, 4.69) is 19.2 Å². The predicted molar refractivity (Wildman–Crippen MR) is 69.4 cm³/mol. The zero-order chi connectivity index (χ0) is 12.5. The van der Waals surface area contributed by atoms with E-state index < -0.39 is 0 Å². The van der Waals surface area contributed by atoms with Gasteiger partial charge in [0, 0.05) is 35.8 Å². The van der Waals surface area contributed by atoms with Crippen LogP contribution in [-0.4, -0.2) is 36.0 Å². The minimum Gasteiger partial charge on any atom is -0.336 e. The number of hydrogen-bond acceptors (Lipinski definition) is 2. The van der Waals surface area contributed by atoms with Crippen LogP contribution >= 0.6 is 11.6 Å². The summed E-state index contributed by atoms with van der Waals surface area (Å²) in [6, 6.07) is 7.12. The minimum atomic E-state index is -0.0213. The van der Waals surface area contributed by atoms with Gasteiger partial charge in [-0.15, -0.1) is 0 Å². The van der Waals surface area contributed by atoms with Crippen LogP contribution in [0, 0.1) is 0 Å². The molecule has 1 amide bonds.